The lowest BCUT2D eigenvalue weighted by Gasteiger charge is -2.23. The molecule has 0 fully saturated rings. The molecule has 2 heterocycles. The van der Waals surface area contributed by atoms with Crippen LogP contribution in [0.3, 0.4) is 0 Å². The number of hydrogen-bond donors (Lipinski definition) is 0. The van der Waals surface area contributed by atoms with Crippen molar-refractivity contribution in [2.45, 2.75) is 24.1 Å². The molecule has 0 N–H and O–H groups in total. The van der Waals surface area contributed by atoms with E-state index in [-0.39, 0.29) is 24.2 Å². The molecular weight excluding hydrogens is 454 g/mol. The van der Waals surface area contributed by atoms with Crippen LogP contribution in [0.25, 0.3) is 0 Å². The van der Waals surface area contributed by atoms with Gasteiger partial charge in [-0.05, 0) is 23.3 Å². The fraction of sp³-hybridized carbons (Fsp3) is 0.154. The second-order valence-electron chi connectivity index (χ2n) is 7.86. The first-order valence-corrected chi connectivity index (χ1v) is 11.9. The molecule has 0 spiro atoms. The summed E-state index contributed by atoms with van der Waals surface area (Å²) in [5.41, 5.74) is 3.59. The Morgan fingerprint density at radius 3 is 2.33 bits per heavy atom. The highest BCUT2D eigenvalue weighted by Crippen LogP contribution is 2.39. The van der Waals surface area contributed by atoms with Gasteiger partial charge in [0.05, 0.1) is 11.8 Å². The Balaban J connectivity index is 1.40. The van der Waals surface area contributed by atoms with Crippen molar-refractivity contribution in [3.05, 3.63) is 107 Å². The normalized spacial score (nSPS) is 20.0. The Bertz CT molecular complexity index is 1240. The van der Waals surface area contributed by atoms with Gasteiger partial charge < -0.3 is 0 Å². The van der Waals surface area contributed by atoms with Gasteiger partial charge in [0.2, 0.25) is 0 Å². The number of hydrogen-bond acceptors (Lipinski definition) is 5. The molecule has 0 aliphatic carbocycles. The van der Waals surface area contributed by atoms with Crippen molar-refractivity contribution in [3.8, 4) is 0 Å². The average molecular weight is 474 g/mol. The van der Waals surface area contributed by atoms with E-state index in [1.807, 2.05) is 77.8 Å². The molecule has 2 aliphatic heterocycles. The van der Waals surface area contributed by atoms with E-state index in [0.29, 0.717) is 22.2 Å². The van der Waals surface area contributed by atoms with E-state index in [2.05, 4.69) is 4.99 Å². The van der Waals surface area contributed by atoms with E-state index in [4.69, 9.17) is 16.7 Å². The van der Waals surface area contributed by atoms with Crippen molar-refractivity contribution in [1.82, 2.24) is 5.01 Å². The minimum atomic E-state index is -0.547. The highest BCUT2D eigenvalue weighted by molar-refractivity contribution is 8.15. The maximum absolute atomic E-state index is 12.7. The minimum Gasteiger partial charge on any atom is -0.294 e. The van der Waals surface area contributed by atoms with E-state index >= 15 is 0 Å². The Hall–Kier alpha value is -3.22. The highest BCUT2D eigenvalue weighted by Gasteiger charge is 2.39. The van der Waals surface area contributed by atoms with Crippen LogP contribution in [-0.4, -0.2) is 32.8 Å². The lowest BCUT2D eigenvalue weighted by atomic mass is 9.99. The highest BCUT2D eigenvalue weighted by atomic mass is 35.5. The number of rotatable bonds is 5. The SMILES string of the molecule is O=C(CC1SC(N2N=C(c3ccccc3)CC2c2ccc(Cl)cc2)=NC1=O)c1ccccc1. The lowest BCUT2D eigenvalue weighted by Crippen LogP contribution is -2.24. The van der Waals surface area contributed by atoms with Gasteiger partial charge in [0.1, 0.15) is 5.25 Å². The number of hydrazone groups is 1. The molecule has 5 rings (SSSR count). The summed E-state index contributed by atoms with van der Waals surface area (Å²) in [5.74, 6) is -0.362. The second-order valence-corrected chi connectivity index (χ2v) is 9.47. The van der Waals surface area contributed by atoms with Gasteiger partial charge in [-0.1, -0.05) is 96.2 Å². The molecule has 0 saturated carbocycles. The number of carbonyl (C=O) groups excluding carboxylic acids is 2. The molecule has 3 aromatic rings. The van der Waals surface area contributed by atoms with Gasteiger partial charge in [0.25, 0.3) is 5.91 Å². The molecule has 7 heteroatoms. The number of amidine groups is 1. The summed E-state index contributed by atoms with van der Waals surface area (Å²) in [6.07, 6.45) is 0.780. The summed E-state index contributed by atoms with van der Waals surface area (Å²) in [5, 5.41) is 7.32. The zero-order chi connectivity index (χ0) is 22.8. The van der Waals surface area contributed by atoms with Crippen molar-refractivity contribution in [1.29, 1.82) is 0 Å². The van der Waals surface area contributed by atoms with E-state index in [9.17, 15) is 9.59 Å². The van der Waals surface area contributed by atoms with Gasteiger partial charge in [-0.15, -0.1) is 0 Å². The lowest BCUT2D eigenvalue weighted by molar-refractivity contribution is -0.117. The number of benzene rings is 3. The molecule has 2 aliphatic rings. The van der Waals surface area contributed by atoms with Crippen LogP contribution in [-0.2, 0) is 4.79 Å². The molecule has 2 unspecified atom stereocenters. The fourth-order valence-corrected chi connectivity index (χ4v) is 5.14. The standard InChI is InChI=1S/C26H20ClN3O2S/c27-20-13-11-18(12-14-20)22-15-21(17-7-3-1-4-8-17)29-30(22)26-28-25(32)24(33-26)16-23(31)19-9-5-2-6-10-19/h1-14,22,24H,15-16H2. The van der Waals surface area contributed by atoms with Crippen molar-refractivity contribution < 1.29 is 9.59 Å². The minimum absolute atomic E-state index is 0.0675. The fourth-order valence-electron chi connectivity index (χ4n) is 3.95. The van der Waals surface area contributed by atoms with Crippen LogP contribution in [0.1, 0.15) is 40.4 Å². The van der Waals surface area contributed by atoms with Gasteiger partial charge in [-0.25, -0.2) is 5.01 Å². The Labute approximate surface area is 201 Å². The molecule has 5 nitrogen and oxygen atoms in total. The first-order chi connectivity index (χ1) is 16.1. The van der Waals surface area contributed by atoms with E-state index in [1.54, 1.807) is 12.1 Å². The van der Waals surface area contributed by atoms with Crippen LogP contribution in [0.2, 0.25) is 5.02 Å². The number of nitrogens with zero attached hydrogens (tertiary/aromatic N) is 3. The van der Waals surface area contributed by atoms with E-state index < -0.39 is 5.25 Å². The third-order valence-electron chi connectivity index (χ3n) is 5.66. The summed E-state index contributed by atoms with van der Waals surface area (Å²) >= 11 is 7.41. The second kappa shape index (κ2) is 9.33. The molecular formula is C26H20ClN3O2S. The molecule has 3 aromatic carbocycles. The maximum Gasteiger partial charge on any atom is 0.262 e. The average Bonchev–Trinajstić information content (AvgIpc) is 3.45. The van der Waals surface area contributed by atoms with Crippen molar-refractivity contribution in [2.24, 2.45) is 10.1 Å². The Morgan fingerprint density at radius 1 is 0.970 bits per heavy atom. The van der Waals surface area contributed by atoms with Gasteiger partial charge in [0, 0.05) is 23.4 Å². The molecule has 0 bridgehead atoms. The van der Waals surface area contributed by atoms with Gasteiger partial charge in [-0.3, -0.25) is 9.59 Å². The quantitative estimate of drug-likeness (QED) is 0.442. The van der Waals surface area contributed by atoms with Crippen molar-refractivity contribution >= 4 is 45.9 Å². The molecule has 164 valence electrons. The topological polar surface area (TPSA) is 62.1 Å². The number of halogens is 1. The van der Waals surface area contributed by atoms with Gasteiger partial charge in [0.15, 0.2) is 11.0 Å². The van der Waals surface area contributed by atoms with Gasteiger partial charge in [-0.2, -0.15) is 10.1 Å². The van der Waals surface area contributed by atoms with Crippen LogP contribution >= 0.6 is 23.4 Å². The largest absolute Gasteiger partial charge is 0.294 e. The summed E-state index contributed by atoms with van der Waals surface area (Å²) in [7, 11) is 0. The predicted octanol–water partition coefficient (Wildman–Crippen LogP) is 5.76. The summed E-state index contributed by atoms with van der Waals surface area (Å²) in [4.78, 5) is 29.7. The van der Waals surface area contributed by atoms with Crippen LogP contribution in [0, 0.1) is 0 Å². The van der Waals surface area contributed by atoms with Crippen LogP contribution in [0.5, 0.6) is 0 Å². The molecule has 1 amide bonds. The summed E-state index contributed by atoms with van der Waals surface area (Å²) in [6, 6.07) is 26.6. The van der Waals surface area contributed by atoms with E-state index in [1.165, 1.54) is 11.8 Å². The van der Waals surface area contributed by atoms with Gasteiger partial charge >= 0.3 is 0 Å². The third kappa shape index (κ3) is 4.63. The molecule has 33 heavy (non-hydrogen) atoms. The molecule has 0 saturated heterocycles. The number of aliphatic imine (C=N–C) groups is 1. The van der Waals surface area contributed by atoms with Crippen molar-refractivity contribution in [3.63, 3.8) is 0 Å². The Kier molecular flexibility index (Phi) is 6.11. The first kappa shape index (κ1) is 21.6. The third-order valence-corrected chi connectivity index (χ3v) is 7.06. The van der Waals surface area contributed by atoms with Crippen LogP contribution in [0.15, 0.2) is 95.0 Å². The van der Waals surface area contributed by atoms with Crippen LogP contribution < -0.4 is 0 Å². The molecule has 2 atom stereocenters. The smallest absolute Gasteiger partial charge is 0.262 e. The zero-order valence-electron chi connectivity index (χ0n) is 17.6. The summed E-state index contributed by atoms with van der Waals surface area (Å²) in [6.45, 7) is 0. The molecule has 0 radical (unpaired) electrons. The Morgan fingerprint density at radius 2 is 1.64 bits per heavy atom. The monoisotopic (exact) mass is 473 g/mol. The number of Topliss-reactive ketones (excluding diaryl/α,β-unsaturated/α-hetero) is 1. The first-order valence-electron chi connectivity index (χ1n) is 10.6. The predicted molar refractivity (Wildman–Crippen MR) is 133 cm³/mol. The van der Waals surface area contributed by atoms with Crippen LogP contribution in [0.4, 0.5) is 0 Å². The number of carbonyl (C=O) groups is 2. The number of amides is 1. The number of ketones is 1. The van der Waals surface area contributed by atoms with E-state index in [0.717, 1.165) is 16.8 Å². The maximum atomic E-state index is 12.7. The molecule has 0 aromatic heterocycles. The van der Waals surface area contributed by atoms with Crippen molar-refractivity contribution in [2.75, 3.05) is 0 Å². The number of thioether (sulfide) groups is 1. The summed E-state index contributed by atoms with van der Waals surface area (Å²) < 4.78 is 0. The zero-order valence-corrected chi connectivity index (χ0v) is 19.2.